The first-order valence-corrected chi connectivity index (χ1v) is 10.5. The lowest BCUT2D eigenvalue weighted by atomic mass is 9.82. The first-order chi connectivity index (χ1) is 14.4. The third-order valence-electron chi connectivity index (χ3n) is 5.14. The minimum absolute atomic E-state index is 0.0978. The molecule has 0 radical (unpaired) electrons. The van der Waals surface area contributed by atoms with E-state index in [0.29, 0.717) is 5.75 Å². The number of aliphatic hydroxyl groups excluding tert-OH is 2. The molecule has 0 aromatic heterocycles. The fourth-order valence-electron chi connectivity index (χ4n) is 3.36. The third kappa shape index (κ3) is 7.04. The van der Waals surface area contributed by atoms with Crippen molar-refractivity contribution in [3.05, 3.63) is 53.3 Å². The summed E-state index contributed by atoms with van der Waals surface area (Å²) >= 11 is 0. The van der Waals surface area contributed by atoms with E-state index in [4.69, 9.17) is 9.84 Å². The number of hydrogen-bond acceptors (Lipinski definition) is 4. The van der Waals surface area contributed by atoms with Gasteiger partial charge in [-0.25, -0.2) is 4.39 Å². The zero-order valence-electron chi connectivity index (χ0n) is 18.9. The Bertz CT molecular complexity index is 884. The van der Waals surface area contributed by atoms with Crippen LogP contribution in [0.5, 0.6) is 5.75 Å². The highest BCUT2D eigenvalue weighted by Gasteiger charge is 2.23. The summed E-state index contributed by atoms with van der Waals surface area (Å²) in [5.41, 5.74) is 3.56. The minimum Gasteiger partial charge on any atom is -0.490 e. The number of carboxylic acid groups (broad SMARTS) is 1. The predicted octanol–water partition coefficient (Wildman–Crippen LogP) is 4.88. The molecule has 3 N–H and O–H groups in total. The summed E-state index contributed by atoms with van der Waals surface area (Å²) in [6.07, 6.45) is -2.72. The number of aliphatic carboxylic acids is 1. The molecular formula is C25H33FO5. The highest BCUT2D eigenvalue weighted by molar-refractivity contribution is 5.74. The van der Waals surface area contributed by atoms with Crippen LogP contribution in [0.15, 0.2) is 36.4 Å². The first-order valence-electron chi connectivity index (χ1n) is 10.5. The smallest absolute Gasteiger partial charge is 0.305 e. The van der Waals surface area contributed by atoms with E-state index in [1.54, 1.807) is 12.1 Å². The molecule has 2 aromatic carbocycles. The normalized spacial score (nSPS) is 13.8. The number of benzene rings is 2. The molecule has 1 unspecified atom stereocenters. The maximum Gasteiger partial charge on any atom is 0.305 e. The molecule has 0 aliphatic carbocycles. The molecule has 2 aromatic rings. The van der Waals surface area contributed by atoms with Crippen LogP contribution in [0.1, 0.15) is 64.5 Å². The highest BCUT2D eigenvalue weighted by atomic mass is 19.1. The van der Waals surface area contributed by atoms with E-state index in [0.717, 1.165) is 22.3 Å². The van der Waals surface area contributed by atoms with Crippen molar-refractivity contribution in [1.82, 2.24) is 0 Å². The van der Waals surface area contributed by atoms with E-state index in [9.17, 15) is 19.4 Å². The summed E-state index contributed by atoms with van der Waals surface area (Å²) in [5.74, 6) is -0.725. The fraction of sp³-hybridized carbons (Fsp3) is 0.480. The van der Waals surface area contributed by atoms with Crippen molar-refractivity contribution in [2.75, 3.05) is 6.61 Å². The maximum absolute atomic E-state index is 13.5. The van der Waals surface area contributed by atoms with E-state index >= 15 is 0 Å². The van der Waals surface area contributed by atoms with Gasteiger partial charge in [-0.15, -0.1) is 0 Å². The van der Waals surface area contributed by atoms with Gasteiger partial charge in [0.1, 0.15) is 18.2 Å². The Morgan fingerprint density at radius 3 is 2.19 bits per heavy atom. The quantitative estimate of drug-likeness (QED) is 0.526. The van der Waals surface area contributed by atoms with Crippen LogP contribution in [0.25, 0.3) is 11.1 Å². The maximum atomic E-state index is 13.5. The van der Waals surface area contributed by atoms with Gasteiger partial charge in [0.2, 0.25) is 0 Å². The summed E-state index contributed by atoms with van der Waals surface area (Å²) in [5, 5.41) is 28.8. The van der Waals surface area contributed by atoms with Crippen molar-refractivity contribution in [1.29, 1.82) is 0 Å². The zero-order valence-corrected chi connectivity index (χ0v) is 18.9. The SMILES string of the molecule is CC(C)c1cc(C(C)(C)C)cc(-c2ccc(F)cc2)c1OCC(O)C[C@@H](O)CC(=O)O. The molecule has 6 heteroatoms. The van der Waals surface area contributed by atoms with E-state index in [1.165, 1.54) is 12.1 Å². The van der Waals surface area contributed by atoms with E-state index < -0.39 is 24.6 Å². The summed E-state index contributed by atoms with van der Waals surface area (Å²) in [6, 6.07) is 10.3. The number of carbonyl (C=O) groups is 1. The van der Waals surface area contributed by atoms with Gasteiger partial charge in [-0.05, 0) is 46.2 Å². The zero-order chi connectivity index (χ0) is 23.3. The highest BCUT2D eigenvalue weighted by Crippen LogP contribution is 2.41. The van der Waals surface area contributed by atoms with Crippen LogP contribution < -0.4 is 4.74 Å². The van der Waals surface area contributed by atoms with Crippen molar-refractivity contribution in [3.8, 4) is 16.9 Å². The lowest BCUT2D eigenvalue weighted by Gasteiger charge is -2.26. The van der Waals surface area contributed by atoms with Gasteiger partial charge in [-0.3, -0.25) is 4.79 Å². The molecule has 0 spiro atoms. The Labute approximate surface area is 183 Å². The second-order valence-corrected chi connectivity index (χ2v) is 9.31. The Balaban J connectivity index is 2.43. The van der Waals surface area contributed by atoms with Gasteiger partial charge < -0.3 is 20.1 Å². The lowest BCUT2D eigenvalue weighted by Crippen LogP contribution is -2.26. The summed E-state index contributed by atoms with van der Waals surface area (Å²) in [7, 11) is 0. The van der Waals surface area contributed by atoms with Crippen molar-refractivity contribution in [2.24, 2.45) is 0 Å². The number of rotatable bonds is 9. The topological polar surface area (TPSA) is 87.0 Å². The lowest BCUT2D eigenvalue weighted by molar-refractivity contribution is -0.139. The van der Waals surface area contributed by atoms with Crippen molar-refractivity contribution in [3.63, 3.8) is 0 Å². The summed E-state index contributed by atoms with van der Waals surface area (Å²) in [4.78, 5) is 10.7. The van der Waals surface area contributed by atoms with Crippen molar-refractivity contribution < 1.29 is 29.2 Å². The molecule has 0 saturated heterocycles. The average Bonchev–Trinajstić information content (AvgIpc) is 2.64. The van der Waals surface area contributed by atoms with Gasteiger partial charge in [-0.2, -0.15) is 0 Å². The van der Waals surface area contributed by atoms with Crippen LogP contribution in [0.4, 0.5) is 4.39 Å². The Kier molecular flexibility index (Phi) is 8.21. The molecule has 2 atom stereocenters. The number of ether oxygens (including phenoxy) is 1. The molecule has 0 fully saturated rings. The molecule has 0 aliphatic rings. The van der Waals surface area contributed by atoms with E-state index in [1.807, 2.05) is 6.07 Å². The number of aliphatic hydroxyl groups is 2. The Hall–Kier alpha value is -2.44. The minimum atomic E-state index is -1.15. The molecule has 5 nitrogen and oxygen atoms in total. The Morgan fingerprint density at radius 1 is 1.06 bits per heavy atom. The van der Waals surface area contributed by atoms with Gasteiger partial charge in [0.25, 0.3) is 0 Å². The standard InChI is InChI=1S/C25H33FO5/c1-15(2)21-10-17(25(3,4)5)11-22(16-6-8-18(26)9-7-16)24(21)31-14-20(28)12-19(27)13-23(29)30/h6-11,15,19-20,27-28H,12-14H2,1-5H3,(H,29,30)/t19-,20?/m1/s1. The van der Waals surface area contributed by atoms with Gasteiger partial charge in [0, 0.05) is 12.0 Å². The fourth-order valence-corrected chi connectivity index (χ4v) is 3.36. The molecule has 2 rings (SSSR count). The van der Waals surface area contributed by atoms with Crippen molar-refractivity contribution in [2.45, 2.75) is 71.0 Å². The van der Waals surface area contributed by atoms with Crippen LogP contribution in [-0.4, -0.2) is 40.1 Å². The van der Waals surface area contributed by atoms with Gasteiger partial charge >= 0.3 is 5.97 Å². The van der Waals surface area contributed by atoms with Gasteiger partial charge in [0.15, 0.2) is 0 Å². The summed E-state index contributed by atoms with van der Waals surface area (Å²) in [6.45, 7) is 10.4. The molecule has 0 saturated carbocycles. The van der Waals surface area contributed by atoms with Gasteiger partial charge in [-0.1, -0.05) is 52.8 Å². The summed E-state index contributed by atoms with van der Waals surface area (Å²) < 4.78 is 19.6. The molecule has 31 heavy (non-hydrogen) atoms. The first kappa shape index (κ1) is 24.8. The van der Waals surface area contributed by atoms with Crippen LogP contribution in [-0.2, 0) is 10.2 Å². The van der Waals surface area contributed by atoms with Crippen LogP contribution >= 0.6 is 0 Å². The number of hydrogen-bond donors (Lipinski definition) is 3. The monoisotopic (exact) mass is 432 g/mol. The van der Waals surface area contributed by atoms with Crippen LogP contribution in [0.2, 0.25) is 0 Å². The van der Waals surface area contributed by atoms with Gasteiger partial charge in [0.05, 0.1) is 18.6 Å². The number of halogens is 1. The van der Waals surface area contributed by atoms with Crippen molar-refractivity contribution >= 4 is 5.97 Å². The largest absolute Gasteiger partial charge is 0.490 e. The predicted molar refractivity (Wildman–Crippen MR) is 119 cm³/mol. The Morgan fingerprint density at radius 2 is 1.68 bits per heavy atom. The van der Waals surface area contributed by atoms with Crippen LogP contribution in [0.3, 0.4) is 0 Å². The average molecular weight is 433 g/mol. The third-order valence-corrected chi connectivity index (χ3v) is 5.14. The second kappa shape index (κ2) is 10.2. The molecule has 0 aliphatic heterocycles. The molecule has 0 heterocycles. The molecule has 0 bridgehead atoms. The molecule has 170 valence electrons. The molecule has 0 amide bonds. The second-order valence-electron chi connectivity index (χ2n) is 9.31. The molecular weight excluding hydrogens is 399 g/mol. The van der Waals surface area contributed by atoms with E-state index in [-0.39, 0.29) is 30.2 Å². The number of carboxylic acids is 1. The van der Waals surface area contributed by atoms with Crippen LogP contribution in [0, 0.1) is 5.82 Å². The van der Waals surface area contributed by atoms with E-state index in [2.05, 4.69) is 40.7 Å².